The van der Waals surface area contributed by atoms with E-state index >= 15 is 0 Å². The summed E-state index contributed by atoms with van der Waals surface area (Å²) < 4.78 is 0. The van der Waals surface area contributed by atoms with Gasteiger partial charge in [-0.25, -0.2) is 9.97 Å². The quantitative estimate of drug-likeness (QED) is 0.260. The van der Waals surface area contributed by atoms with Crippen LogP contribution >= 0.6 is 0 Å². The molecule has 4 heteroatoms. The van der Waals surface area contributed by atoms with Gasteiger partial charge in [0.05, 0.1) is 0 Å². The zero-order valence-electron chi connectivity index (χ0n) is 20.2. The standard InChI is InChI=1S/C28H42N2O2/c1-3-5-7-9-11-13-15-23-21-29-27(30-22-23)25-19-17-24(18-20-25)26(28(31)32)16-14-12-10-8-6-4-2/h17-22,26H,3-16H2,1-2H3,(H,31,32)/p-1. The second-order valence-electron chi connectivity index (χ2n) is 8.98. The number of benzene rings is 1. The topological polar surface area (TPSA) is 65.9 Å². The Kier molecular flexibility index (Phi) is 12.6. The summed E-state index contributed by atoms with van der Waals surface area (Å²) >= 11 is 0. The minimum atomic E-state index is -0.985. The zero-order chi connectivity index (χ0) is 23.0. The fourth-order valence-corrected chi connectivity index (χ4v) is 4.16. The van der Waals surface area contributed by atoms with Crippen molar-refractivity contribution in [2.24, 2.45) is 0 Å². The number of aromatic nitrogens is 2. The number of aliphatic carboxylic acids is 1. The van der Waals surface area contributed by atoms with E-state index in [1.807, 2.05) is 36.7 Å². The third kappa shape index (κ3) is 9.50. The second kappa shape index (κ2) is 15.6. The van der Waals surface area contributed by atoms with Crippen molar-refractivity contribution < 1.29 is 9.90 Å². The van der Waals surface area contributed by atoms with Crippen LogP contribution in [-0.4, -0.2) is 15.9 Å². The maximum absolute atomic E-state index is 11.7. The number of hydrogen-bond donors (Lipinski definition) is 0. The van der Waals surface area contributed by atoms with Crippen molar-refractivity contribution in [2.45, 2.75) is 110 Å². The summed E-state index contributed by atoms with van der Waals surface area (Å²) in [4.78, 5) is 20.7. The highest BCUT2D eigenvalue weighted by molar-refractivity contribution is 5.74. The number of unbranched alkanes of at least 4 members (excludes halogenated alkanes) is 10. The first-order valence-corrected chi connectivity index (χ1v) is 12.8. The Morgan fingerprint density at radius 3 is 1.88 bits per heavy atom. The van der Waals surface area contributed by atoms with E-state index in [2.05, 4.69) is 23.8 Å². The highest BCUT2D eigenvalue weighted by Gasteiger charge is 2.13. The lowest BCUT2D eigenvalue weighted by Gasteiger charge is -2.18. The van der Waals surface area contributed by atoms with Gasteiger partial charge in [0.15, 0.2) is 5.82 Å². The van der Waals surface area contributed by atoms with Crippen molar-refractivity contribution in [1.29, 1.82) is 0 Å². The van der Waals surface area contributed by atoms with Crippen LogP contribution in [0.1, 0.15) is 114 Å². The lowest BCUT2D eigenvalue weighted by Crippen LogP contribution is -2.29. The normalized spacial score (nSPS) is 12.1. The molecule has 1 aromatic heterocycles. The van der Waals surface area contributed by atoms with Gasteiger partial charge in [-0.05, 0) is 30.4 Å². The predicted octanol–water partition coefficient (Wildman–Crippen LogP) is 6.63. The Labute approximate surface area is 194 Å². The fourth-order valence-electron chi connectivity index (χ4n) is 4.16. The molecule has 32 heavy (non-hydrogen) atoms. The maximum Gasteiger partial charge on any atom is 0.159 e. The molecular formula is C28H41N2O2-. The van der Waals surface area contributed by atoms with Gasteiger partial charge in [0, 0.05) is 29.8 Å². The fraction of sp³-hybridized carbons (Fsp3) is 0.607. The molecule has 176 valence electrons. The number of aryl methyl sites for hydroxylation is 1. The molecule has 1 unspecified atom stereocenters. The van der Waals surface area contributed by atoms with Crippen LogP contribution < -0.4 is 5.11 Å². The first-order chi connectivity index (χ1) is 15.7. The van der Waals surface area contributed by atoms with E-state index in [9.17, 15) is 9.90 Å². The highest BCUT2D eigenvalue weighted by atomic mass is 16.4. The molecule has 1 atom stereocenters. The van der Waals surface area contributed by atoms with Crippen LogP contribution in [0, 0.1) is 0 Å². The van der Waals surface area contributed by atoms with E-state index in [1.54, 1.807) is 0 Å². The summed E-state index contributed by atoms with van der Waals surface area (Å²) in [5.41, 5.74) is 2.90. The molecule has 0 spiro atoms. The molecule has 4 nitrogen and oxygen atoms in total. The number of nitrogens with zero attached hydrogens (tertiary/aromatic N) is 2. The summed E-state index contributed by atoms with van der Waals surface area (Å²) in [5, 5.41) is 11.7. The van der Waals surface area contributed by atoms with Gasteiger partial charge in [0.1, 0.15) is 0 Å². The smallest absolute Gasteiger partial charge is 0.159 e. The molecule has 0 saturated heterocycles. The molecule has 1 heterocycles. The van der Waals surface area contributed by atoms with Crippen LogP contribution in [0.25, 0.3) is 11.4 Å². The summed E-state index contributed by atoms with van der Waals surface area (Å²) in [5.74, 6) is -0.846. The van der Waals surface area contributed by atoms with E-state index < -0.39 is 11.9 Å². The maximum atomic E-state index is 11.7. The molecule has 0 radical (unpaired) electrons. The summed E-state index contributed by atoms with van der Waals surface area (Å²) in [6.07, 6.45) is 20.1. The Morgan fingerprint density at radius 1 is 0.781 bits per heavy atom. The molecule has 0 amide bonds. The summed E-state index contributed by atoms with van der Waals surface area (Å²) in [6, 6.07) is 7.63. The minimum Gasteiger partial charge on any atom is -0.549 e. The lowest BCUT2D eigenvalue weighted by molar-refractivity contribution is -0.308. The molecule has 0 aliphatic heterocycles. The average Bonchev–Trinajstić information content (AvgIpc) is 2.81. The van der Waals surface area contributed by atoms with Crippen LogP contribution in [0.5, 0.6) is 0 Å². The third-order valence-corrected chi connectivity index (χ3v) is 6.23. The van der Waals surface area contributed by atoms with Crippen molar-refractivity contribution in [1.82, 2.24) is 9.97 Å². The molecule has 0 fully saturated rings. The molecule has 0 N–H and O–H groups in total. The number of carboxylic acid groups (broad SMARTS) is 1. The van der Waals surface area contributed by atoms with Crippen molar-refractivity contribution in [3.05, 3.63) is 47.8 Å². The summed E-state index contributed by atoms with van der Waals surface area (Å²) in [7, 11) is 0. The van der Waals surface area contributed by atoms with E-state index in [1.165, 1.54) is 69.8 Å². The zero-order valence-corrected chi connectivity index (χ0v) is 20.2. The minimum absolute atomic E-state index is 0.546. The van der Waals surface area contributed by atoms with Crippen LogP contribution in [0.3, 0.4) is 0 Å². The van der Waals surface area contributed by atoms with Gasteiger partial charge in [-0.3, -0.25) is 0 Å². The van der Waals surface area contributed by atoms with Crippen LogP contribution in [0.4, 0.5) is 0 Å². The van der Waals surface area contributed by atoms with Gasteiger partial charge in [0.2, 0.25) is 0 Å². The lowest BCUT2D eigenvalue weighted by atomic mass is 9.92. The molecule has 0 bridgehead atoms. The van der Waals surface area contributed by atoms with Crippen molar-refractivity contribution >= 4 is 5.97 Å². The molecule has 0 aliphatic rings. The van der Waals surface area contributed by atoms with Gasteiger partial charge < -0.3 is 9.90 Å². The number of rotatable bonds is 17. The Balaban J connectivity index is 1.85. The first kappa shape index (κ1) is 26.0. The predicted molar refractivity (Wildman–Crippen MR) is 130 cm³/mol. The molecular weight excluding hydrogens is 396 g/mol. The average molecular weight is 438 g/mol. The van der Waals surface area contributed by atoms with E-state index in [0.29, 0.717) is 12.2 Å². The second-order valence-corrected chi connectivity index (χ2v) is 8.98. The Hall–Kier alpha value is -2.23. The first-order valence-electron chi connectivity index (χ1n) is 12.8. The van der Waals surface area contributed by atoms with Crippen molar-refractivity contribution in [2.75, 3.05) is 0 Å². The number of carboxylic acids is 1. The Bertz CT molecular complexity index is 756. The van der Waals surface area contributed by atoms with Gasteiger partial charge >= 0.3 is 0 Å². The monoisotopic (exact) mass is 437 g/mol. The van der Waals surface area contributed by atoms with Gasteiger partial charge in [0.25, 0.3) is 0 Å². The molecule has 2 rings (SSSR count). The van der Waals surface area contributed by atoms with Crippen LogP contribution in [0.15, 0.2) is 36.7 Å². The van der Waals surface area contributed by atoms with Gasteiger partial charge in [-0.1, -0.05) is 109 Å². The molecule has 0 aliphatic carbocycles. The highest BCUT2D eigenvalue weighted by Crippen LogP contribution is 2.25. The van der Waals surface area contributed by atoms with Gasteiger partial charge in [-0.2, -0.15) is 0 Å². The molecule has 2 aromatic rings. The van der Waals surface area contributed by atoms with E-state index in [0.717, 1.165) is 30.4 Å². The number of carbonyl (C=O) groups is 1. The molecule has 0 saturated carbocycles. The number of carbonyl (C=O) groups excluding carboxylic acids is 1. The van der Waals surface area contributed by atoms with Crippen molar-refractivity contribution in [3.63, 3.8) is 0 Å². The SMILES string of the molecule is CCCCCCCCc1cnc(-c2ccc(C(CCCCCCCC)C(=O)[O-])cc2)nc1. The van der Waals surface area contributed by atoms with Crippen molar-refractivity contribution in [3.8, 4) is 11.4 Å². The van der Waals surface area contributed by atoms with Crippen LogP contribution in [-0.2, 0) is 11.2 Å². The van der Waals surface area contributed by atoms with E-state index in [-0.39, 0.29) is 0 Å². The largest absolute Gasteiger partial charge is 0.549 e. The Morgan fingerprint density at radius 2 is 1.31 bits per heavy atom. The van der Waals surface area contributed by atoms with E-state index in [4.69, 9.17) is 0 Å². The third-order valence-electron chi connectivity index (χ3n) is 6.23. The number of hydrogen-bond acceptors (Lipinski definition) is 4. The summed E-state index contributed by atoms with van der Waals surface area (Å²) in [6.45, 7) is 4.44. The van der Waals surface area contributed by atoms with Gasteiger partial charge in [-0.15, -0.1) is 0 Å². The van der Waals surface area contributed by atoms with Crippen LogP contribution in [0.2, 0.25) is 0 Å². The molecule has 1 aromatic carbocycles.